The van der Waals surface area contributed by atoms with Gasteiger partial charge in [0.15, 0.2) is 0 Å². The van der Waals surface area contributed by atoms with Gasteiger partial charge in [-0.15, -0.1) is 0 Å². The van der Waals surface area contributed by atoms with Crippen LogP contribution in [0.25, 0.3) is 0 Å². The monoisotopic (exact) mass is 251 g/mol. The van der Waals surface area contributed by atoms with Gasteiger partial charge in [-0.3, -0.25) is 0 Å². The van der Waals surface area contributed by atoms with E-state index in [1.54, 1.807) is 0 Å². The fourth-order valence-corrected chi connectivity index (χ4v) is 3.03. The number of rotatable bonds is 2. The second-order valence-corrected chi connectivity index (χ2v) is 5.76. The number of hydrogen-bond acceptors (Lipinski definition) is 1. The predicted molar refractivity (Wildman–Crippen MR) is 81.8 cm³/mol. The summed E-state index contributed by atoms with van der Waals surface area (Å²) in [7, 11) is 0. The molecule has 3 rings (SSSR count). The number of nitrogens with one attached hydrogen (secondary N) is 1. The molecule has 98 valence electrons. The maximum absolute atomic E-state index is 3.72. The van der Waals surface area contributed by atoms with Crippen molar-refractivity contribution in [1.82, 2.24) is 0 Å². The van der Waals surface area contributed by atoms with Crippen LogP contribution >= 0.6 is 0 Å². The molecule has 1 heteroatoms. The Morgan fingerprint density at radius 2 is 1.68 bits per heavy atom. The second kappa shape index (κ2) is 4.73. The summed E-state index contributed by atoms with van der Waals surface area (Å²) in [6.45, 7) is 6.50. The van der Waals surface area contributed by atoms with Crippen LogP contribution in [0.2, 0.25) is 0 Å². The highest BCUT2D eigenvalue weighted by Crippen LogP contribution is 2.35. The van der Waals surface area contributed by atoms with Gasteiger partial charge in [0.25, 0.3) is 0 Å². The Bertz CT molecular complexity index is 613. The SMILES string of the molecule is Cc1ccc(NC2CCc3ccc(C)cc32)c(C)c1. The molecule has 1 nitrogen and oxygen atoms in total. The standard InChI is InChI=1S/C18H21N/c1-12-5-8-17(14(3)10-12)19-18-9-7-15-6-4-13(2)11-16(15)18/h4-6,8,10-11,18-19H,7,9H2,1-3H3. The number of aryl methyl sites for hydroxylation is 4. The molecule has 1 N–H and O–H groups in total. The fourth-order valence-electron chi connectivity index (χ4n) is 3.03. The van der Waals surface area contributed by atoms with Crippen molar-refractivity contribution in [2.75, 3.05) is 5.32 Å². The van der Waals surface area contributed by atoms with Crippen molar-refractivity contribution < 1.29 is 0 Å². The third-order valence-electron chi connectivity index (χ3n) is 4.09. The Balaban J connectivity index is 1.88. The van der Waals surface area contributed by atoms with Gasteiger partial charge in [-0.05, 0) is 56.4 Å². The van der Waals surface area contributed by atoms with E-state index in [1.807, 2.05) is 0 Å². The van der Waals surface area contributed by atoms with Gasteiger partial charge in [0, 0.05) is 5.69 Å². The van der Waals surface area contributed by atoms with Crippen LogP contribution < -0.4 is 5.32 Å². The second-order valence-electron chi connectivity index (χ2n) is 5.76. The molecule has 0 heterocycles. The van der Waals surface area contributed by atoms with Crippen molar-refractivity contribution in [1.29, 1.82) is 0 Å². The molecule has 0 spiro atoms. The highest BCUT2D eigenvalue weighted by atomic mass is 14.9. The fraction of sp³-hybridized carbons (Fsp3) is 0.333. The molecule has 0 radical (unpaired) electrons. The summed E-state index contributed by atoms with van der Waals surface area (Å²) in [6.07, 6.45) is 2.39. The summed E-state index contributed by atoms with van der Waals surface area (Å²) in [6, 6.07) is 13.9. The Labute approximate surface area is 115 Å². The Morgan fingerprint density at radius 1 is 0.947 bits per heavy atom. The smallest absolute Gasteiger partial charge is 0.0519 e. The van der Waals surface area contributed by atoms with Crippen LogP contribution in [0.4, 0.5) is 5.69 Å². The van der Waals surface area contributed by atoms with Gasteiger partial charge in [-0.1, -0.05) is 41.5 Å². The maximum atomic E-state index is 3.72. The molecule has 0 amide bonds. The van der Waals surface area contributed by atoms with Gasteiger partial charge in [0.2, 0.25) is 0 Å². The topological polar surface area (TPSA) is 12.0 Å². The molecule has 1 atom stereocenters. The van der Waals surface area contributed by atoms with Gasteiger partial charge in [0.05, 0.1) is 6.04 Å². The van der Waals surface area contributed by atoms with E-state index in [-0.39, 0.29) is 0 Å². The minimum Gasteiger partial charge on any atom is -0.378 e. The molecule has 2 aromatic rings. The lowest BCUT2D eigenvalue weighted by molar-refractivity contribution is 0.761. The van der Waals surface area contributed by atoms with Gasteiger partial charge >= 0.3 is 0 Å². The zero-order valence-corrected chi connectivity index (χ0v) is 12.0. The molecule has 0 fully saturated rings. The van der Waals surface area contributed by atoms with Gasteiger partial charge in [0.1, 0.15) is 0 Å². The first-order valence-electron chi connectivity index (χ1n) is 7.07. The maximum Gasteiger partial charge on any atom is 0.0519 e. The van der Waals surface area contributed by atoms with Crippen LogP contribution in [0.5, 0.6) is 0 Å². The van der Waals surface area contributed by atoms with Crippen molar-refractivity contribution in [3.8, 4) is 0 Å². The van der Waals surface area contributed by atoms with E-state index in [0.29, 0.717) is 6.04 Å². The first kappa shape index (κ1) is 12.3. The van der Waals surface area contributed by atoms with E-state index < -0.39 is 0 Å². The molecule has 0 aliphatic heterocycles. The van der Waals surface area contributed by atoms with Crippen molar-refractivity contribution in [2.45, 2.75) is 39.7 Å². The van der Waals surface area contributed by atoms with Crippen LogP contribution in [0.1, 0.15) is 40.3 Å². The number of anilines is 1. The molecule has 0 saturated carbocycles. The number of fused-ring (bicyclic) bond motifs is 1. The van der Waals surface area contributed by atoms with E-state index in [4.69, 9.17) is 0 Å². The highest BCUT2D eigenvalue weighted by Gasteiger charge is 2.22. The number of hydrogen-bond donors (Lipinski definition) is 1. The van der Waals surface area contributed by atoms with E-state index in [9.17, 15) is 0 Å². The van der Waals surface area contributed by atoms with E-state index in [2.05, 4.69) is 62.5 Å². The molecule has 1 aliphatic rings. The lowest BCUT2D eigenvalue weighted by Gasteiger charge is -2.18. The highest BCUT2D eigenvalue weighted by molar-refractivity contribution is 5.55. The summed E-state index contributed by atoms with van der Waals surface area (Å²) in [5.74, 6) is 0. The van der Waals surface area contributed by atoms with Crippen molar-refractivity contribution in [2.24, 2.45) is 0 Å². The first-order chi connectivity index (χ1) is 9.13. The van der Waals surface area contributed by atoms with Crippen molar-refractivity contribution in [3.05, 3.63) is 64.2 Å². The Morgan fingerprint density at radius 3 is 2.47 bits per heavy atom. The molecular formula is C18H21N. The Kier molecular flexibility index (Phi) is 3.06. The van der Waals surface area contributed by atoms with Crippen LogP contribution in [0.3, 0.4) is 0 Å². The molecule has 1 aliphatic carbocycles. The van der Waals surface area contributed by atoms with Crippen LogP contribution in [0, 0.1) is 20.8 Å². The average Bonchev–Trinajstić information content (AvgIpc) is 2.75. The molecule has 1 unspecified atom stereocenters. The molecule has 19 heavy (non-hydrogen) atoms. The van der Waals surface area contributed by atoms with Crippen molar-refractivity contribution in [3.63, 3.8) is 0 Å². The zero-order chi connectivity index (χ0) is 13.4. The molecule has 2 aromatic carbocycles. The zero-order valence-electron chi connectivity index (χ0n) is 12.0. The lowest BCUT2D eigenvalue weighted by atomic mass is 10.0. The van der Waals surface area contributed by atoms with Crippen LogP contribution in [-0.2, 0) is 6.42 Å². The largest absolute Gasteiger partial charge is 0.378 e. The van der Waals surface area contributed by atoms with Crippen molar-refractivity contribution >= 4 is 5.69 Å². The third kappa shape index (κ3) is 2.37. The van der Waals surface area contributed by atoms with Gasteiger partial charge in [-0.25, -0.2) is 0 Å². The molecule has 0 saturated heterocycles. The third-order valence-corrected chi connectivity index (χ3v) is 4.09. The summed E-state index contributed by atoms with van der Waals surface area (Å²) in [4.78, 5) is 0. The van der Waals surface area contributed by atoms with E-state index in [0.717, 1.165) is 0 Å². The Hall–Kier alpha value is -1.76. The van der Waals surface area contributed by atoms with Crippen LogP contribution in [-0.4, -0.2) is 0 Å². The van der Waals surface area contributed by atoms with Gasteiger partial charge < -0.3 is 5.32 Å². The summed E-state index contributed by atoms with van der Waals surface area (Å²) < 4.78 is 0. The summed E-state index contributed by atoms with van der Waals surface area (Å²) >= 11 is 0. The first-order valence-corrected chi connectivity index (χ1v) is 7.07. The number of benzene rings is 2. The summed E-state index contributed by atoms with van der Waals surface area (Å²) in [5, 5.41) is 3.72. The quantitative estimate of drug-likeness (QED) is 0.815. The molecule has 0 aromatic heterocycles. The minimum atomic E-state index is 0.469. The van der Waals surface area contributed by atoms with E-state index in [1.165, 1.54) is 46.3 Å². The predicted octanol–water partition coefficient (Wildman–Crippen LogP) is 4.71. The average molecular weight is 251 g/mol. The van der Waals surface area contributed by atoms with Gasteiger partial charge in [-0.2, -0.15) is 0 Å². The molecule has 0 bridgehead atoms. The molecular weight excluding hydrogens is 230 g/mol. The minimum absolute atomic E-state index is 0.469. The van der Waals surface area contributed by atoms with E-state index >= 15 is 0 Å². The summed E-state index contributed by atoms with van der Waals surface area (Å²) in [5.41, 5.74) is 8.28. The lowest BCUT2D eigenvalue weighted by Crippen LogP contribution is -2.08. The normalized spacial score (nSPS) is 17.3. The van der Waals surface area contributed by atoms with Crippen LogP contribution in [0.15, 0.2) is 36.4 Å².